The fourth-order valence-electron chi connectivity index (χ4n) is 3.27. The average Bonchev–Trinajstić information content (AvgIpc) is 3.17. The van der Waals surface area contributed by atoms with Crippen LogP contribution in [0.5, 0.6) is 0 Å². The number of carbonyl (C=O) groups is 1. The molecule has 1 aliphatic rings. The third-order valence-electron chi connectivity index (χ3n) is 4.88. The lowest BCUT2D eigenvalue weighted by Crippen LogP contribution is -2.37. The van der Waals surface area contributed by atoms with Crippen LogP contribution in [0.2, 0.25) is 0 Å². The molecule has 1 saturated heterocycles. The number of nitrogens with zero attached hydrogens (tertiary/aromatic N) is 4. The molecule has 0 aliphatic carbocycles. The van der Waals surface area contributed by atoms with Crippen molar-refractivity contribution in [2.75, 3.05) is 37.0 Å². The van der Waals surface area contributed by atoms with Crippen LogP contribution in [0.25, 0.3) is 5.69 Å². The van der Waals surface area contributed by atoms with Crippen molar-refractivity contribution in [2.45, 2.75) is 19.0 Å². The minimum absolute atomic E-state index is 0.0849. The zero-order valence-electron chi connectivity index (χ0n) is 16.7. The van der Waals surface area contributed by atoms with Gasteiger partial charge >= 0.3 is 0 Å². The van der Waals surface area contributed by atoms with Crippen molar-refractivity contribution in [1.82, 2.24) is 14.8 Å². The van der Waals surface area contributed by atoms with E-state index in [-0.39, 0.29) is 5.78 Å². The van der Waals surface area contributed by atoms with Gasteiger partial charge in [0.1, 0.15) is 0 Å². The van der Waals surface area contributed by atoms with Crippen LogP contribution in [-0.4, -0.2) is 52.6 Å². The molecule has 0 saturated carbocycles. The molecule has 1 aliphatic heterocycles. The fraction of sp³-hybridized carbons (Fsp3) is 0.318. The van der Waals surface area contributed by atoms with Gasteiger partial charge < -0.3 is 9.64 Å². The number of Topliss-reactive ketones (excluding diaryl/α,β-unsaturated/α-hetero) is 1. The number of carbonyl (C=O) groups excluding carboxylic acids is 1. The summed E-state index contributed by atoms with van der Waals surface area (Å²) < 4.78 is 7.53. The van der Waals surface area contributed by atoms with Crippen molar-refractivity contribution >= 4 is 23.5 Å². The molecule has 0 N–H and O–H groups in total. The van der Waals surface area contributed by atoms with Crippen LogP contribution in [0.3, 0.4) is 0 Å². The normalized spacial score (nSPS) is 14.2. The Morgan fingerprint density at radius 3 is 2.52 bits per heavy atom. The maximum absolute atomic E-state index is 12.6. The lowest BCUT2D eigenvalue weighted by Gasteiger charge is -2.28. The van der Waals surface area contributed by atoms with Gasteiger partial charge in [-0.1, -0.05) is 53.7 Å². The van der Waals surface area contributed by atoms with E-state index in [1.54, 1.807) is 0 Å². The van der Waals surface area contributed by atoms with Gasteiger partial charge in [0.15, 0.2) is 10.9 Å². The van der Waals surface area contributed by atoms with Gasteiger partial charge in [0.05, 0.1) is 24.7 Å². The lowest BCUT2D eigenvalue weighted by atomic mass is 10.1. The first-order chi connectivity index (χ1) is 14.1. The van der Waals surface area contributed by atoms with Crippen molar-refractivity contribution in [3.8, 4) is 5.69 Å². The summed E-state index contributed by atoms with van der Waals surface area (Å²) in [6.07, 6.45) is 0. The van der Waals surface area contributed by atoms with Gasteiger partial charge in [0.25, 0.3) is 0 Å². The van der Waals surface area contributed by atoms with Gasteiger partial charge in [-0.2, -0.15) is 0 Å². The summed E-state index contributed by atoms with van der Waals surface area (Å²) in [5, 5.41) is 9.60. The molecule has 2 aromatic carbocycles. The molecule has 0 atom stereocenters. The van der Waals surface area contributed by atoms with Gasteiger partial charge in [-0.05, 0) is 31.5 Å². The van der Waals surface area contributed by atoms with Crippen LogP contribution >= 0.6 is 11.8 Å². The van der Waals surface area contributed by atoms with Gasteiger partial charge in [0.2, 0.25) is 5.95 Å². The maximum Gasteiger partial charge on any atom is 0.232 e. The highest BCUT2D eigenvalue weighted by Crippen LogP contribution is 2.28. The number of benzene rings is 2. The van der Waals surface area contributed by atoms with Crippen LogP contribution < -0.4 is 4.90 Å². The van der Waals surface area contributed by atoms with Gasteiger partial charge in [-0.15, -0.1) is 10.2 Å². The smallest absolute Gasteiger partial charge is 0.232 e. The lowest BCUT2D eigenvalue weighted by molar-refractivity contribution is 0.102. The fourth-order valence-corrected chi connectivity index (χ4v) is 4.11. The summed E-state index contributed by atoms with van der Waals surface area (Å²) in [6.45, 7) is 6.98. The number of thioether (sulfide) groups is 1. The van der Waals surface area contributed by atoms with E-state index in [1.165, 1.54) is 11.8 Å². The van der Waals surface area contributed by atoms with Crippen molar-refractivity contribution in [3.05, 3.63) is 65.2 Å². The second-order valence-corrected chi connectivity index (χ2v) is 8.08. The molecular weight excluding hydrogens is 384 g/mol. The molecule has 2 heterocycles. The minimum Gasteiger partial charge on any atom is -0.378 e. The first-order valence-electron chi connectivity index (χ1n) is 9.69. The molecule has 7 heteroatoms. The van der Waals surface area contributed by atoms with Crippen molar-refractivity contribution in [2.24, 2.45) is 0 Å². The molecule has 0 radical (unpaired) electrons. The minimum atomic E-state index is 0.0849. The zero-order chi connectivity index (χ0) is 20.2. The quantitative estimate of drug-likeness (QED) is 0.458. The van der Waals surface area contributed by atoms with Crippen LogP contribution in [0.4, 0.5) is 5.95 Å². The first-order valence-corrected chi connectivity index (χ1v) is 10.7. The number of rotatable bonds is 6. The van der Waals surface area contributed by atoms with Crippen molar-refractivity contribution in [3.63, 3.8) is 0 Å². The highest BCUT2D eigenvalue weighted by atomic mass is 32.2. The number of anilines is 1. The number of aromatic nitrogens is 3. The van der Waals surface area contributed by atoms with E-state index in [1.807, 2.05) is 47.9 Å². The molecule has 0 unspecified atom stereocenters. The summed E-state index contributed by atoms with van der Waals surface area (Å²) in [4.78, 5) is 14.8. The summed E-state index contributed by atoms with van der Waals surface area (Å²) in [5.41, 5.74) is 4.03. The Balaban J connectivity index is 1.61. The van der Waals surface area contributed by atoms with Crippen molar-refractivity contribution in [1.29, 1.82) is 0 Å². The summed E-state index contributed by atoms with van der Waals surface area (Å²) in [7, 11) is 0. The second kappa shape index (κ2) is 8.80. The Morgan fingerprint density at radius 2 is 1.79 bits per heavy atom. The summed E-state index contributed by atoms with van der Waals surface area (Å²) >= 11 is 1.42. The molecule has 0 bridgehead atoms. The molecule has 1 fully saturated rings. The molecule has 4 rings (SSSR count). The molecule has 29 heavy (non-hydrogen) atoms. The van der Waals surface area contributed by atoms with Gasteiger partial charge in [-0.25, -0.2) is 0 Å². The zero-order valence-corrected chi connectivity index (χ0v) is 17.5. The van der Waals surface area contributed by atoms with E-state index >= 15 is 0 Å². The van der Waals surface area contributed by atoms with Gasteiger partial charge in [0, 0.05) is 18.7 Å². The van der Waals surface area contributed by atoms with Crippen molar-refractivity contribution < 1.29 is 9.53 Å². The number of aryl methyl sites for hydroxylation is 2. The number of ether oxygens (including phenoxy) is 1. The Bertz CT molecular complexity index is 994. The highest BCUT2D eigenvalue weighted by molar-refractivity contribution is 7.99. The molecule has 3 aromatic rings. The number of ketones is 1. The Hall–Kier alpha value is -2.64. The average molecular weight is 409 g/mol. The van der Waals surface area contributed by atoms with Crippen LogP contribution in [0.1, 0.15) is 21.5 Å². The van der Waals surface area contributed by atoms with E-state index in [2.05, 4.69) is 34.2 Å². The van der Waals surface area contributed by atoms with E-state index in [9.17, 15) is 4.79 Å². The largest absolute Gasteiger partial charge is 0.378 e. The van der Waals surface area contributed by atoms with Crippen LogP contribution in [0, 0.1) is 13.8 Å². The topological polar surface area (TPSA) is 60.3 Å². The van der Waals surface area contributed by atoms with E-state index < -0.39 is 0 Å². The monoisotopic (exact) mass is 408 g/mol. The highest BCUT2D eigenvalue weighted by Gasteiger charge is 2.22. The number of hydrogen-bond donors (Lipinski definition) is 0. The Kier molecular flexibility index (Phi) is 5.97. The Labute approximate surface area is 174 Å². The number of morpholine rings is 1. The van der Waals surface area contributed by atoms with E-state index in [0.717, 1.165) is 46.6 Å². The third kappa shape index (κ3) is 4.52. The SMILES string of the molecule is Cc1ccc(C(=O)CSc2nnc(N3CCOCC3)n2-c2cccc(C)c2)cc1. The maximum atomic E-state index is 12.6. The van der Waals surface area contributed by atoms with E-state index in [0.29, 0.717) is 19.0 Å². The Morgan fingerprint density at radius 1 is 1.03 bits per heavy atom. The van der Waals surface area contributed by atoms with Crippen LogP contribution in [0.15, 0.2) is 53.7 Å². The third-order valence-corrected chi connectivity index (χ3v) is 5.80. The first kappa shape index (κ1) is 19.7. The molecule has 6 nitrogen and oxygen atoms in total. The molecular formula is C22H24N4O2S. The molecule has 150 valence electrons. The number of hydrogen-bond acceptors (Lipinski definition) is 6. The standard InChI is InChI=1S/C22H24N4O2S/c1-16-6-8-18(9-7-16)20(27)15-29-22-24-23-21(25-10-12-28-13-11-25)26(22)19-5-3-4-17(2)14-19/h3-9,14H,10-13,15H2,1-2H3. The van der Waals surface area contributed by atoms with Crippen LogP contribution in [-0.2, 0) is 4.74 Å². The second-order valence-electron chi connectivity index (χ2n) is 7.13. The molecule has 1 aromatic heterocycles. The predicted octanol–water partition coefficient (Wildman–Crippen LogP) is 3.70. The molecule has 0 amide bonds. The summed E-state index contributed by atoms with van der Waals surface area (Å²) in [6, 6.07) is 15.9. The summed E-state index contributed by atoms with van der Waals surface area (Å²) in [5.74, 6) is 1.20. The molecule has 0 spiro atoms. The predicted molar refractivity (Wildman–Crippen MR) is 115 cm³/mol. The van der Waals surface area contributed by atoms with Gasteiger partial charge in [-0.3, -0.25) is 9.36 Å². The van der Waals surface area contributed by atoms with E-state index in [4.69, 9.17) is 4.74 Å².